The molecule has 0 spiro atoms. The van der Waals surface area contributed by atoms with E-state index in [1.54, 1.807) is 6.08 Å². The van der Waals surface area contributed by atoms with E-state index >= 15 is 0 Å². The van der Waals surface area contributed by atoms with E-state index in [0.717, 1.165) is 70.6 Å². The van der Waals surface area contributed by atoms with E-state index in [9.17, 15) is 19.8 Å². The predicted molar refractivity (Wildman–Crippen MR) is 310 cm³/mol. The van der Waals surface area contributed by atoms with E-state index in [1.807, 2.05) is 6.08 Å². The first kappa shape index (κ1) is 68.6. The van der Waals surface area contributed by atoms with Crippen molar-refractivity contribution in [2.45, 2.75) is 328 Å². The number of carbonyl (C=O) groups excluding carboxylic acids is 2. The molecule has 0 saturated heterocycles. The minimum Gasteiger partial charge on any atom is -0.466 e. The van der Waals surface area contributed by atoms with Crippen LogP contribution in [0.2, 0.25) is 0 Å². The number of amides is 1. The molecule has 0 rings (SSSR count). The van der Waals surface area contributed by atoms with Gasteiger partial charge in [0.15, 0.2) is 0 Å². The van der Waals surface area contributed by atoms with E-state index in [4.69, 9.17) is 4.74 Å². The topological polar surface area (TPSA) is 95.9 Å². The molecule has 1 amide bonds. The average molecular weight is 995 g/mol. The first-order chi connectivity index (χ1) is 35.0. The molecule has 414 valence electrons. The number of hydrogen-bond acceptors (Lipinski definition) is 5. The van der Waals surface area contributed by atoms with Crippen LogP contribution in [-0.2, 0) is 14.3 Å². The first-order valence-corrected chi connectivity index (χ1v) is 31.1. The smallest absolute Gasteiger partial charge is 0.305 e. The highest BCUT2D eigenvalue weighted by atomic mass is 16.5. The third-order valence-electron chi connectivity index (χ3n) is 14.0. The zero-order valence-electron chi connectivity index (χ0n) is 47.2. The summed E-state index contributed by atoms with van der Waals surface area (Å²) in [4.78, 5) is 24.5. The molecule has 0 aliphatic heterocycles. The Kier molecular flexibility index (Phi) is 58.1. The molecule has 0 saturated carbocycles. The summed E-state index contributed by atoms with van der Waals surface area (Å²) in [5.41, 5.74) is 0. The second-order valence-corrected chi connectivity index (χ2v) is 21.0. The number of aliphatic hydroxyl groups is 2. The number of nitrogens with one attached hydrogen (secondary N) is 1. The molecule has 2 unspecified atom stereocenters. The van der Waals surface area contributed by atoms with E-state index < -0.39 is 12.1 Å². The number of esters is 1. The molecule has 0 heterocycles. The monoisotopic (exact) mass is 994 g/mol. The maximum atomic E-state index is 12.5. The lowest BCUT2D eigenvalue weighted by atomic mass is 10.0. The number of hydrogen-bond donors (Lipinski definition) is 3. The van der Waals surface area contributed by atoms with Crippen LogP contribution in [0.4, 0.5) is 0 Å². The molecule has 0 aliphatic rings. The van der Waals surface area contributed by atoms with Crippen LogP contribution < -0.4 is 5.32 Å². The van der Waals surface area contributed by atoms with Crippen molar-refractivity contribution in [2.24, 2.45) is 0 Å². The SMILES string of the molecule is CCCC/C=C\C/C=C\CCCCCCCC(=O)OCCCCCCCCCCC/C=C\C/C=C\CCCCCCCCCC(=O)NC(CO)C(O)/C=C/CCCCCCCCCCCCCCCCC. The lowest BCUT2D eigenvalue weighted by Crippen LogP contribution is -2.45. The van der Waals surface area contributed by atoms with Gasteiger partial charge < -0.3 is 20.3 Å². The molecule has 6 heteroatoms. The van der Waals surface area contributed by atoms with Gasteiger partial charge in [-0.3, -0.25) is 9.59 Å². The molecule has 71 heavy (non-hydrogen) atoms. The van der Waals surface area contributed by atoms with Crippen molar-refractivity contribution < 1.29 is 24.5 Å². The van der Waals surface area contributed by atoms with Crippen LogP contribution in [0.15, 0.2) is 60.8 Å². The molecule has 0 aromatic rings. The summed E-state index contributed by atoms with van der Waals surface area (Å²) in [6.07, 6.45) is 78.3. The highest BCUT2D eigenvalue weighted by Gasteiger charge is 2.18. The fourth-order valence-corrected chi connectivity index (χ4v) is 9.21. The second kappa shape index (κ2) is 60.1. The predicted octanol–water partition coefficient (Wildman–Crippen LogP) is 19.5. The van der Waals surface area contributed by atoms with Gasteiger partial charge in [-0.1, -0.05) is 274 Å². The molecule has 0 bridgehead atoms. The summed E-state index contributed by atoms with van der Waals surface area (Å²) in [5.74, 6) is -0.0867. The third kappa shape index (κ3) is 56.7. The number of rotatable bonds is 57. The number of ether oxygens (including phenoxy) is 1. The van der Waals surface area contributed by atoms with Crippen molar-refractivity contribution in [1.29, 1.82) is 0 Å². The van der Waals surface area contributed by atoms with Gasteiger partial charge in [0.1, 0.15) is 0 Å². The van der Waals surface area contributed by atoms with Gasteiger partial charge in [0, 0.05) is 12.8 Å². The van der Waals surface area contributed by atoms with Gasteiger partial charge in [-0.05, 0) is 89.9 Å². The third-order valence-corrected chi connectivity index (χ3v) is 14.0. The van der Waals surface area contributed by atoms with Gasteiger partial charge in [-0.15, -0.1) is 0 Å². The van der Waals surface area contributed by atoms with Gasteiger partial charge in [-0.2, -0.15) is 0 Å². The summed E-state index contributed by atoms with van der Waals surface area (Å²) in [7, 11) is 0. The van der Waals surface area contributed by atoms with Gasteiger partial charge in [0.2, 0.25) is 5.91 Å². The number of aliphatic hydroxyl groups excluding tert-OH is 2. The molecule has 2 atom stereocenters. The van der Waals surface area contributed by atoms with E-state index in [2.05, 4.69) is 67.8 Å². The maximum Gasteiger partial charge on any atom is 0.305 e. The van der Waals surface area contributed by atoms with Crippen LogP contribution in [0.5, 0.6) is 0 Å². The molecule has 0 aromatic carbocycles. The van der Waals surface area contributed by atoms with Gasteiger partial charge >= 0.3 is 5.97 Å². The van der Waals surface area contributed by atoms with Crippen molar-refractivity contribution in [3.8, 4) is 0 Å². The molecule has 0 fully saturated rings. The Labute approximate surface area is 441 Å². The second-order valence-electron chi connectivity index (χ2n) is 21.0. The van der Waals surface area contributed by atoms with Crippen molar-refractivity contribution in [3.05, 3.63) is 60.8 Å². The summed E-state index contributed by atoms with van der Waals surface area (Å²) < 4.78 is 5.47. The molecular weight excluding hydrogens is 875 g/mol. The summed E-state index contributed by atoms with van der Waals surface area (Å²) in [6, 6.07) is -0.637. The van der Waals surface area contributed by atoms with Crippen LogP contribution in [-0.4, -0.2) is 47.4 Å². The largest absolute Gasteiger partial charge is 0.466 e. The fourth-order valence-electron chi connectivity index (χ4n) is 9.21. The number of carbonyl (C=O) groups is 2. The highest BCUT2D eigenvalue weighted by Crippen LogP contribution is 2.16. The average Bonchev–Trinajstić information content (AvgIpc) is 3.37. The molecule has 0 aliphatic carbocycles. The lowest BCUT2D eigenvalue weighted by Gasteiger charge is -2.20. The molecule has 3 N–H and O–H groups in total. The van der Waals surface area contributed by atoms with Crippen molar-refractivity contribution >= 4 is 11.9 Å². The summed E-state index contributed by atoms with van der Waals surface area (Å²) in [5, 5.41) is 23.1. The number of unbranched alkanes of at least 4 members (excludes halogenated alkanes) is 38. The fraction of sp³-hybridized carbons (Fsp3) is 0.815. The zero-order valence-corrected chi connectivity index (χ0v) is 47.2. The van der Waals surface area contributed by atoms with E-state index in [1.165, 1.54) is 218 Å². The Morgan fingerprint density at radius 2 is 0.718 bits per heavy atom. The Bertz CT molecular complexity index is 1240. The minimum atomic E-state index is -0.853. The molecule has 0 aromatic heterocycles. The van der Waals surface area contributed by atoms with Gasteiger partial charge in [0.25, 0.3) is 0 Å². The molecular formula is C65H119NO5. The molecule has 0 radical (unpaired) electrons. The molecule has 6 nitrogen and oxygen atoms in total. The Balaban J connectivity index is 3.49. The zero-order chi connectivity index (χ0) is 51.4. The van der Waals surface area contributed by atoms with Crippen LogP contribution in [0.3, 0.4) is 0 Å². The standard InChI is InChI=1S/C65H119NO5/c1-3-5-7-9-11-13-15-17-19-27-30-33-37-41-45-49-53-57-63(68)62(61-67)66-64(69)58-54-50-46-42-38-34-31-28-25-23-21-20-22-24-26-29-32-36-40-44-48-52-56-60-71-65(70)59-55-51-47-43-39-35-18-16-14-12-10-8-6-4-2/h10,12,16,18,20,22-23,25,53,57,62-63,67-68H,3-9,11,13-15,17,19,21,24,26-52,54-56,58-61H2,1-2H3,(H,66,69)/b12-10-,18-16-,22-20-,25-23-,57-53+. The minimum absolute atomic E-state index is 0.00871. The number of allylic oxidation sites excluding steroid dienone is 9. The normalized spacial score (nSPS) is 13.0. The van der Waals surface area contributed by atoms with Crippen LogP contribution in [0, 0.1) is 0 Å². The van der Waals surface area contributed by atoms with Crippen molar-refractivity contribution in [2.75, 3.05) is 13.2 Å². The Morgan fingerprint density at radius 1 is 0.394 bits per heavy atom. The highest BCUT2D eigenvalue weighted by molar-refractivity contribution is 5.76. The Hall–Kier alpha value is -2.44. The Morgan fingerprint density at radius 3 is 1.11 bits per heavy atom. The first-order valence-electron chi connectivity index (χ1n) is 31.1. The van der Waals surface area contributed by atoms with Gasteiger partial charge in [-0.25, -0.2) is 0 Å². The van der Waals surface area contributed by atoms with Crippen LogP contribution in [0.1, 0.15) is 316 Å². The summed E-state index contributed by atoms with van der Waals surface area (Å²) in [6.45, 7) is 4.85. The summed E-state index contributed by atoms with van der Waals surface area (Å²) >= 11 is 0. The van der Waals surface area contributed by atoms with Crippen molar-refractivity contribution in [3.63, 3.8) is 0 Å². The quantitative estimate of drug-likeness (QED) is 0.0321. The van der Waals surface area contributed by atoms with E-state index in [-0.39, 0.29) is 18.5 Å². The van der Waals surface area contributed by atoms with Crippen LogP contribution >= 0.6 is 0 Å². The van der Waals surface area contributed by atoms with Gasteiger partial charge in [0.05, 0.1) is 25.4 Å². The lowest BCUT2D eigenvalue weighted by molar-refractivity contribution is -0.143. The van der Waals surface area contributed by atoms with Crippen molar-refractivity contribution in [1.82, 2.24) is 5.32 Å². The maximum absolute atomic E-state index is 12.5. The van der Waals surface area contributed by atoms with E-state index in [0.29, 0.717) is 19.4 Å². The van der Waals surface area contributed by atoms with Crippen LogP contribution in [0.25, 0.3) is 0 Å².